The Labute approximate surface area is 108 Å². The van der Waals surface area contributed by atoms with Crippen molar-refractivity contribution in [2.45, 2.75) is 33.2 Å². The summed E-state index contributed by atoms with van der Waals surface area (Å²) in [7, 11) is 0. The number of aromatic nitrogens is 3. The van der Waals surface area contributed by atoms with Crippen molar-refractivity contribution in [3.8, 4) is 0 Å². The maximum Gasteiger partial charge on any atom is 0.160 e. The van der Waals surface area contributed by atoms with Crippen molar-refractivity contribution >= 4 is 11.3 Å². The smallest absolute Gasteiger partial charge is 0.160 e. The summed E-state index contributed by atoms with van der Waals surface area (Å²) in [5.41, 5.74) is 7.40. The fraction of sp³-hybridized carbons (Fsp3) is 0.538. The number of nitrogens with zero attached hydrogens (tertiary/aromatic N) is 4. The molecule has 18 heavy (non-hydrogen) atoms. The van der Waals surface area contributed by atoms with E-state index in [1.54, 1.807) is 0 Å². The minimum Gasteiger partial charge on any atom is -0.398 e. The molecule has 0 aliphatic heterocycles. The van der Waals surface area contributed by atoms with Crippen LogP contribution in [0.4, 0.5) is 5.69 Å². The Hall–Kier alpha value is -1.62. The van der Waals surface area contributed by atoms with Gasteiger partial charge in [0.05, 0.1) is 6.54 Å². The summed E-state index contributed by atoms with van der Waals surface area (Å²) in [6, 6.07) is 3.75. The van der Waals surface area contributed by atoms with Gasteiger partial charge in [0.1, 0.15) is 0 Å². The highest BCUT2D eigenvalue weighted by Gasteiger charge is 2.10. The van der Waals surface area contributed by atoms with Crippen LogP contribution in [0.5, 0.6) is 0 Å². The fourth-order valence-electron chi connectivity index (χ4n) is 2.16. The van der Waals surface area contributed by atoms with E-state index in [9.17, 15) is 0 Å². The van der Waals surface area contributed by atoms with Gasteiger partial charge in [-0.25, -0.2) is 0 Å². The lowest BCUT2D eigenvalue weighted by atomic mass is 10.3. The minimum atomic E-state index is 0.737. The van der Waals surface area contributed by atoms with Crippen LogP contribution in [0.1, 0.15) is 32.5 Å². The molecule has 5 heteroatoms. The summed E-state index contributed by atoms with van der Waals surface area (Å²) in [5.74, 6) is 0.958. The molecule has 0 saturated heterocycles. The Morgan fingerprint density at radius 1 is 1.17 bits per heavy atom. The summed E-state index contributed by atoms with van der Waals surface area (Å²) in [6.07, 6.45) is 4.19. The average Bonchev–Trinajstić information content (AvgIpc) is 2.73. The van der Waals surface area contributed by atoms with Crippen LogP contribution in [-0.2, 0) is 6.54 Å². The van der Waals surface area contributed by atoms with E-state index in [4.69, 9.17) is 5.73 Å². The second kappa shape index (κ2) is 5.82. The molecule has 0 aliphatic carbocycles. The van der Waals surface area contributed by atoms with Crippen LogP contribution in [0.2, 0.25) is 0 Å². The third-order valence-corrected chi connectivity index (χ3v) is 2.94. The molecular weight excluding hydrogens is 226 g/mol. The normalized spacial score (nSPS) is 11.5. The lowest BCUT2D eigenvalue weighted by Crippen LogP contribution is -2.26. The van der Waals surface area contributed by atoms with Crippen LogP contribution in [0.15, 0.2) is 18.3 Å². The summed E-state index contributed by atoms with van der Waals surface area (Å²) in [4.78, 5) is 2.40. The maximum absolute atomic E-state index is 5.81. The number of rotatable bonds is 6. The van der Waals surface area contributed by atoms with Gasteiger partial charge in [0.15, 0.2) is 11.5 Å². The van der Waals surface area contributed by atoms with Crippen molar-refractivity contribution in [2.75, 3.05) is 18.8 Å². The van der Waals surface area contributed by atoms with Gasteiger partial charge >= 0.3 is 0 Å². The van der Waals surface area contributed by atoms with Crippen molar-refractivity contribution in [1.29, 1.82) is 0 Å². The number of pyridine rings is 1. The second-order valence-corrected chi connectivity index (χ2v) is 4.58. The van der Waals surface area contributed by atoms with Crippen molar-refractivity contribution in [2.24, 2.45) is 0 Å². The molecule has 0 radical (unpaired) electrons. The molecule has 2 rings (SSSR count). The number of hydrogen-bond donors (Lipinski definition) is 1. The van der Waals surface area contributed by atoms with Gasteiger partial charge in [-0.2, -0.15) is 0 Å². The number of hydrogen-bond acceptors (Lipinski definition) is 4. The third-order valence-electron chi connectivity index (χ3n) is 2.94. The quantitative estimate of drug-likeness (QED) is 0.847. The highest BCUT2D eigenvalue weighted by atomic mass is 15.3. The number of fused-ring (bicyclic) bond motifs is 1. The topological polar surface area (TPSA) is 59.5 Å². The summed E-state index contributed by atoms with van der Waals surface area (Å²) in [6.45, 7) is 7.40. The van der Waals surface area contributed by atoms with Crippen molar-refractivity contribution < 1.29 is 0 Å². The molecule has 0 fully saturated rings. The predicted octanol–water partition coefficient (Wildman–Crippen LogP) is 1.93. The van der Waals surface area contributed by atoms with Crippen LogP contribution in [0.3, 0.4) is 0 Å². The van der Waals surface area contributed by atoms with Crippen LogP contribution >= 0.6 is 0 Å². The van der Waals surface area contributed by atoms with Gasteiger partial charge in [0.2, 0.25) is 0 Å². The van der Waals surface area contributed by atoms with Gasteiger partial charge < -0.3 is 5.73 Å². The summed E-state index contributed by atoms with van der Waals surface area (Å²) < 4.78 is 1.98. The van der Waals surface area contributed by atoms with E-state index >= 15 is 0 Å². The Morgan fingerprint density at radius 3 is 2.56 bits per heavy atom. The largest absolute Gasteiger partial charge is 0.398 e. The van der Waals surface area contributed by atoms with Crippen molar-refractivity contribution in [1.82, 2.24) is 19.5 Å². The number of nitrogens with two attached hydrogens (primary N) is 1. The Balaban J connectivity index is 2.21. The molecule has 5 nitrogen and oxygen atoms in total. The van der Waals surface area contributed by atoms with E-state index in [1.165, 1.54) is 0 Å². The van der Waals surface area contributed by atoms with Crippen LogP contribution in [0.25, 0.3) is 5.65 Å². The molecule has 0 amide bonds. The first-order valence-electron chi connectivity index (χ1n) is 6.56. The monoisotopic (exact) mass is 247 g/mol. The van der Waals surface area contributed by atoms with E-state index in [2.05, 4.69) is 28.9 Å². The standard InChI is InChI=1S/C13H21N5/c1-3-7-17(8-4-2)10-13-16-15-12-6-5-11(14)9-18(12)13/h5-6,9H,3-4,7-8,10,14H2,1-2H3. The average molecular weight is 247 g/mol. The van der Waals surface area contributed by atoms with Gasteiger partial charge in [-0.3, -0.25) is 9.30 Å². The third kappa shape index (κ3) is 2.79. The van der Waals surface area contributed by atoms with Gasteiger partial charge in [0.25, 0.3) is 0 Å². The predicted molar refractivity (Wildman–Crippen MR) is 73.3 cm³/mol. The first-order chi connectivity index (χ1) is 8.74. The molecule has 2 N–H and O–H groups in total. The fourth-order valence-corrected chi connectivity index (χ4v) is 2.16. The molecule has 98 valence electrons. The van der Waals surface area contributed by atoms with Crippen LogP contribution < -0.4 is 5.73 Å². The molecular formula is C13H21N5. The molecule has 0 aromatic carbocycles. The molecule has 0 aliphatic rings. The lowest BCUT2D eigenvalue weighted by molar-refractivity contribution is 0.259. The molecule has 0 atom stereocenters. The zero-order chi connectivity index (χ0) is 13.0. The zero-order valence-corrected chi connectivity index (χ0v) is 11.1. The van der Waals surface area contributed by atoms with Crippen molar-refractivity contribution in [3.63, 3.8) is 0 Å². The molecule has 2 aromatic heterocycles. The molecule has 0 bridgehead atoms. The van der Waals surface area contributed by atoms with E-state index in [-0.39, 0.29) is 0 Å². The summed E-state index contributed by atoms with van der Waals surface area (Å²) >= 11 is 0. The van der Waals surface area contributed by atoms with Gasteiger partial charge in [-0.15, -0.1) is 10.2 Å². The molecule has 2 heterocycles. The number of nitrogen functional groups attached to an aromatic ring is 1. The van der Waals surface area contributed by atoms with E-state index in [0.29, 0.717) is 0 Å². The molecule has 0 spiro atoms. The van der Waals surface area contributed by atoms with Crippen LogP contribution in [-0.4, -0.2) is 32.6 Å². The SMILES string of the molecule is CCCN(CCC)Cc1nnc2ccc(N)cn12. The maximum atomic E-state index is 5.81. The highest BCUT2D eigenvalue weighted by Crippen LogP contribution is 2.10. The zero-order valence-electron chi connectivity index (χ0n) is 11.1. The first kappa shape index (κ1) is 12.8. The first-order valence-corrected chi connectivity index (χ1v) is 6.56. The van der Waals surface area contributed by atoms with E-state index in [1.807, 2.05) is 22.7 Å². The molecule has 0 saturated carbocycles. The molecule has 2 aromatic rings. The minimum absolute atomic E-state index is 0.737. The number of anilines is 1. The highest BCUT2D eigenvalue weighted by molar-refractivity contribution is 5.47. The van der Waals surface area contributed by atoms with Crippen LogP contribution in [0, 0.1) is 0 Å². The second-order valence-electron chi connectivity index (χ2n) is 4.58. The molecule has 0 unspecified atom stereocenters. The Bertz CT molecular complexity index is 499. The van der Waals surface area contributed by atoms with E-state index in [0.717, 1.165) is 49.6 Å². The summed E-state index contributed by atoms with van der Waals surface area (Å²) in [5, 5.41) is 8.42. The Morgan fingerprint density at radius 2 is 1.89 bits per heavy atom. The van der Waals surface area contributed by atoms with Gasteiger partial charge in [-0.1, -0.05) is 13.8 Å². The van der Waals surface area contributed by atoms with Crippen molar-refractivity contribution in [3.05, 3.63) is 24.2 Å². The van der Waals surface area contributed by atoms with Gasteiger partial charge in [0, 0.05) is 11.9 Å². The lowest BCUT2D eigenvalue weighted by Gasteiger charge is -2.19. The van der Waals surface area contributed by atoms with E-state index < -0.39 is 0 Å². The van der Waals surface area contributed by atoms with Gasteiger partial charge in [-0.05, 0) is 38.1 Å². The Kier molecular flexibility index (Phi) is 4.15.